The fraction of sp³-hybridized carbons (Fsp3) is 0.375. The molecule has 0 spiro atoms. The summed E-state index contributed by atoms with van der Waals surface area (Å²) in [5.41, 5.74) is 1.62. The van der Waals surface area contributed by atoms with E-state index in [1.807, 2.05) is 6.07 Å². The van der Waals surface area contributed by atoms with E-state index in [9.17, 15) is 4.79 Å². The Kier molecular flexibility index (Phi) is 6.56. The monoisotopic (exact) mass is 476 g/mol. The first-order chi connectivity index (χ1) is 15.3. The van der Waals surface area contributed by atoms with Gasteiger partial charge in [-0.1, -0.05) is 29.3 Å². The molecular formula is C24H26Cl2N2O4. The fourth-order valence-electron chi connectivity index (χ4n) is 4.83. The average Bonchev–Trinajstić information content (AvgIpc) is 3.09. The smallest absolute Gasteiger partial charge is 0.416 e. The van der Waals surface area contributed by atoms with Crippen LogP contribution < -0.4 is 14.8 Å². The number of hydrogen-bond donors (Lipinski definition) is 1. The van der Waals surface area contributed by atoms with Crippen molar-refractivity contribution in [1.29, 1.82) is 0 Å². The number of fused-ring (bicyclic) bond motifs is 1. The largest absolute Gasteiger partial charge is 0.493 e. The number of likely N-dealkylation sites (N-methyl/N-ethyl adjacent to an activating group) is 1. The number of nitrogens with zero attached hydrogens (tertiary/aromatic N) is 1. The van der Waals surface area contributed by atoms with Crippen LogP contribution in [0.5, 0.6) is 11.5 Å². The highest BCUT2D eigenvalue weighted by molar-refractivity contribution is 6.35. The highest BCUT2D eigenvalue weighted by Crippen LogP contribution is 2.49. The van der Waals surface area contributed by atoms with Crippen LogP contribution in [-0.4, -0.2) is 44.8 Å². The minimum Gasteiger partial charge on any atom is -0.493 e. The molecule has 2 unspecified atom stereocenters. The summed E-state index contributed by atoms with van der Waals surface area (Å²) in [6, 6.07) is 11.1. The number of anilines is 1. The van der Waals surface area contributed by atoms with Crippen molar-refractivity contribution in [3.63, 3.8) is 0 Å². The first kappa shape index (κ1) is 22.8. The molecule has 6 nitrogen and oxygen atoms in total. The number of rotatable bonds is 5. The molecule has 2 aliphatic rings. The normalized spacial score (nSPS) is 22.7. The van der Waals surface area contributed by atoms with Crippen molar-refractivity contribution in [3.8, 4) is 11.5 Å². The zero-order chi connectivity index (χ0) is 22.9. The number of carbonyl (C=O) groups excluding carboxylic acids is 1. The van der Waals surface area contributed by atoms with Crippen LogP contribution in [0, 0.1) is 0 Å². The summed E-state index contributed by atoms with van der Waals surface area (Å²) >= 11 is 12.0. The molecule has 2 atom stereocenters. The number of hydrogen-bond acceptors (Lipinski definition) is 5. The summed E-state index contributed by atoms with van der Waals surface area (Å²) in [4.78, 5) is 14.8. The SMILES string of the molecule is COc1ccc(C23CCC(OC(=O)Nc4cc(Cl)cc(Cl)c4)=CC2N(C)CC3)cc1OC. The first-order valence-electron chi connectivity index (χ1n) is 10.4. The number of amides is 1. The second kappa shape index (κ2) is 9.22. The van der Waals surface area contributed by atoms with Gasteiger partial charge in [-0.15, -0.1) is 0 Å². The van der Waals surface area contributed by atoms with Crippen LogP contribution in [0.25, 0.3) is 0 Å². The fourth-order valence-corrected chi connectivity index (χ4v) is 5.35. The number of likely N-dealkylation sites (tertiary alicyclic amines) is 1. The zero-order valence-electron chi connectivity index (χ0n) is 18.3. The number of allylic oxidation sites excluding steroid dienone is 1. The van der Waals surface area contributed by atoms with Crippen LogP contribution in [0.2, 0.25) is 10.0 Å². The van der Waals surface area contributed by atoms with Crippen LogP contribution in [0.15, 0.2) is 48.2 Å². The van der Waals surface area contributed by atoms with Crippen molar-refractivity contribution in [3.05, 3.63) is 63.8 Å². The number of halogens is 2. The van der Waals surface area contributed by atoms with E-state index < -0.39 is 6.09 Å². The molecule has 1 aliphatic heterocycles. The van der Waals surface area contributed by atoms with E-state index in [1.165, 1.54) is 5.56 Å². The highest BCUT2D eigenvalue weighted by atomic mass is 35.5. The maximum atomic E-state index is 12.5. The summed E-state index contributed by atoms with van der Waals surface area (Å²) in [6.07, 6.45) is 4.04. The van der Waals surface area contributed by atoms with E-state index in [1.54, 1.807) is 32.4 Å². The van der Waals surface area contributed by atoms with Crippen LogP contribution in [0.1, 0.15) is 24.8 Å². The summed E-state index contributed by atoms with van der Waals surface area (Å²) < 4.78 is 16.6. The molecule has 2 aromatic carbocycles. The van der Waals surface area contributed by atoms with E-state index in [2.05, 4.69) is 35.5 Å². The van der Waals surface area contributed by atoms with Crippen molar-refractivity contribution < 1.29 is 19.0 Å². The third-order valence-corrected chi connectivity index (χ3v) is 6.84. The van der Waals surface area contributed by atoms with Crippen LogP contribution >= 0.6 is 23.2 Å². The van der Waals surface area contributed by atoms with Crippen LogP contribution in [-0.2, 0) is 10.2 Å². The van der Waals surface area contributed by atoms with E-state index in [-0.39, 0.29) is 11.5 Å². The van der Waals surface area contributed by atoms with Gasteiger partial charge in [0.2, 0.25) is 0 Å². The Morgan fingerprint density at radius 1 is 1.06 bits per heavy atom. The Labute approximate surface area is 198 Å². The Bertz CT molecular complexity index is 1040. The molecule has 1 saturated heterocycles. The molecule has 0 bridgehead atoms. The van der Waals surface area contributed by atoms with Crippen molar-refractivity contribution in [2.45, 2.75) is 30.7 Å². The van der Waals surface area contributed by atoms with Crippen molar-refractivity contribution in [2.24, 2.45) is 0 Å². The molecule has 1 fully saturated rings. The molecular weight excluding hydrogens is 451 g/mol. The maximum absolute atomic E-state index is 12.5. The van der Waals surface area contributed by atoms with Crippen molar-refractivity contribution >= 4 is 35.0 Å². The van der Waals surface area contributed by atoms with E-state index in [4.69, 9.17) is 37.4 Å². The standard InChI is InChI=1S/C24H26Cl2N2O4/c1-28-9-8-24(15-4-5-20(30-2)21(10-15)31-3)7-6-19(14-22(24)28)32-23(29)27-18-12-16(25)11-17(26)13-18/h4-5,10-14,22H,6-9H2,1-3H3,(H,27,29). The molecule has 2 aromatic rings. The number of benzene rings is 2. The molecule has 8 heteroatoms. The lowest BCUT2D eigenvalue weighted by Crippen LogP contribution is -2.42. The Morgan fingerprint density at radius 3 is 2.47 bits per heavy atom. The van der Waals surface area contributed by atoms with Gasteiger partial charge in [-0.2, -0.15) is 0 Å². The first-order valence-corrected chi connectivity index (χ1v) is 11.2. The molecule has 1 amide bonds. The molecule has 32 heavy (non-hydrogen) atoms. The maximum Gasteiger partial charge on any atom is 0.416 e. The van der Waals surface area contributed by atoms with Gasteiger partial charge in [0.1, 0.15) is 5.76 Å². The minimum absolute atomic E-state index is 0.0713. The van der Waals surface area contributed by atoms with Crippen molar-refractivity contribution in [1.82, 2.24) is 4.90 Å². The van der Waals surface area contributed by atoms with E-state index in [0.29, 0.717) is 33.7 Å². The number of nitrogens with one attached hydrogen (secondary N) is 1. The molecule has 4 rings (SSSR count). The number of carbonyl (C=O) groups is 1. The van der Waals surface area contributed by atoms with Gasteiger partial charge < -0.3 is 14.2 Å². The van der Waals surface area contributed by atoms with Crippen LogP contribution in [0.4, 0.5) is 10.5 Å². The number of ether oxygens (including phenoxy) is 3. The van der Waals surface area contributed by atoms with Gasteiger partial charge in [-0.25, -0.2) is 4.79 Å². The van der Waals surface area contributed by atoms with Crippen molar-refractivity contribution in [2.75, 3.05) is 33.1 Å². The predicted molar refractivity (Wildman–Crippen MR) is 126 cm³/mol. The second-order valence-electron chi connectivity index (χ2n) is 8.21. The summed E-state index contributed by atoms with van der Waals surface area (Å²) in [5.74, 6) is 2.09. The molecule has 1 heterocycles. The Hall–Kier alpha value is -2.41. The van der Waals surface area contributed by atoms with Gasteiger partial charge in [0, 0.05) is 33.6 Å². The summed E-state index contributed by atoms with van der Waals surface area (Å²) in [7, 11) is 5.38. The lowest BCUT2D eigenvalue weighted by Gasteiger charge is -2.40. The lowest BCUT2D eigenvalue weighted by atomic mass is 9.68. The van der Waals surface area contributed by atoms with E-state index in [0.717, 1.165) is 25.1 Å². The average molecular weight is 477 g/mol. The highest BCUT2D eigenvalue weighted by Gasteiger charge is 2.48. The minimum atomic E-state index is -0.561. The van der Waals surface area contributed by atoms with Gasteiger partial charge in [-0.05, 0) is 68.4 Å². The molecule has 0 saturated carbocycles. The Balaban J connectivity index is 1.55. The molecule has 0 aromatic heterocycles. The van der Waals surface area contributed by atoms with Gasteiger partial charge >= 0.3 is 6.09 Å². The summed E-state index contributed by atoms with van der Waals surface area (Å²) in [6.45, 7) is 0.954. The molecule has 0 radical (unpaired) electrons. The van der Waals surface area contributed by atoms with Gasteiger partial charge in [0.05, 0.1) is 14.2 Å². The topological polar surface area (TPSA) is 60.0 Å². The predicted octanol–water partition coefficient (Wildman–Crippen LogP) is 5.88. The summed E-state index contributed by atoms with van der Waals surface area (Å²) in [5, 5.41) is 3.58. The quantitative estimate of drug-likeness (QED) is 0.583. The van der Waals surface area contributed by atoms with Gasteiger partial charge in [0.15, 0.2) is 11.5 Å². The second-order valence-corrected chi connectivity index (χ2v) is 9.08. The number of methoxy groups -OCH3 is 2. The van der Waals surface area contributed by atoms with Gasteiger partial charge in [-0.3, -0.25) is 10.2 Å². The zero-order valence-corrected chi connectivity index (χ0v) is 19.8. The third-order valence-electron chi connectivity index (χ3n) is 6.40. The molecule has 1 N–H and O–H groups in total. The van der Waals surface area contributed by atoms with E-state index >= 15 is 0 Å². The van der Waals surface area contributed by atoms with Gasteiger partial charge in [0.25, 0.3) is 0 Å². The molecule has 1 aliphatic carbocycles. The molecule has 170 valence electrons. The Morgan fingerprint density at radius 2 is 1.78 bits per heavy atom. The van der Waals surface area contributed by atoms with Crippen LogP contribution in [0.3, 0.4) is 0 Å². The lowest BCUT2D eigenvalue weighted by molar-refractivity contribution is 0.174. The third kappa shape index (κ3) is 4.40.